The second-order valence-electron chi connectivity index (χ2n) is 5.66. The number of carbonyl (C=O) groups is 1. The Kier molecular flexibility index (Phi) is 5.35. The minimum Gasteiger partial charge on any atom is -0.342 e. The Balaban J connectivity index is 1.89. The lowest BCUT2D eigenvalue weighted by Crippen LogP contribution is -2.45. The Morgan fingerprint density at radius 1 is 1.33 bits per heavy atom. The molecule has 0 unspecified atom stereocenters. The summed E-state index contributed by atoms with van der Waals surface area (Å²) in [5.74, 6) is 0.162. The first-order chi connectivity index (χ1) is 10.1. The molecule has 1 saturated heterocycles. The van der Waals surface area contributed by atoms with Crippen molar-refractivity contribution in [2.75, 3.05) is 26.7 Å². The molecule has 0 N–H and O–H groups in total. The van der Waals surface area contributed by atoms with E-state index in [1.807, 2.05) is 24.1 Å². The van der Waals surface area contributed by atoms with Gasteiger partial charge in [-0.3, -0.25) is 4.79 Å². The van der Waals surface area contributed by atoms with E-state index in [0.717, 1.165) is 38.0 Å². The van der Waals surface area contributed by atoms with Crippen molar-refractivity contribution in [1.29, 1.82) is 5.26 Å². The van der Waals surface area contributed by atoms with Crippen LogP contribution in [0.2, 0.25) is 0 Å². The molecule has 1 aliphatic heterocycles. The first kappa shape index (κ1) is 15.5. The molecule has 1 amide bonds. The monoisotopic (exact) mass is 285 g/mol. The van der Waals surface area contributed by atoms with Gasteiger partial charge in [-0.25, -0.2) is 0 Å². The van der Waals surface area contributed by atoms with E-state index < -0.39 is 0 Å². The average molecular weight is 285 g/mol. The maximum Gasteiger partial charge on any atom is 0.226 e. The van der Waals surface area contributed by atoms with Crippen molar-refractivity contribution in [3.05, 3.63) is 35.4 Å². The molecule has 0 aromatic heterocycles. The van der Waals surface area contributed by atoms with Crippen LogP contribution in [0, 0.1) is 11.3 Å². The number of piperidine rings is 1. The Morgan fingerprint density at radius 2 is 1.95 bits per heavy atom. The predicted octanol–water partition coefficient (Wildman–Crippen LogP) is 2.04. The van der Waals surface area contributed by atoms with Crippen LogP contribution in [0.25, 0.3) is 0 Å². The lowest BCUT2D eigenvalue weighted by molar-refractivity contribution is -0.132. The number of likely N-dealkylation sites (tertiary alicyclic amines) is 1. The molecule has 0 spiro atoms. The standard InChI is InChI=1S/C17H23N3O/c1-3-20-10-8-16(9-11-20)19(2)17(21)12-14-4-6-15(13-18)7-5-14/h4-7,16H,3,8-12H2,1-2H3. The number of amides is 1. The molecule has 1 heterocycles. The van der Waals surface area contributed by atoms with Crippen molar-refractivity contribution in [1.82, 2.24) is 9.80 Å². The van der Waals surface area contributed by atoms with Gasteiger partial charge >= 0.3 is 0 Å². The van der Waals surface area contributed by atoms with Gasteiger partial charge in [-0.1, -0.05) is 19.1 Å². The number of rotatable bonds is 4. The summed E-state index contributed by atoms with van der Waals surface area (Å²) in [4.78, 5) is 16.7. The third kappa shape index (κ3) is 4.05. The summed E-state index contributed by atoms with van der Waals surface area (Å²) >= 11 is 0. The van der Waals surface area contributed by atoms with Gasteiger partial charge in [0, 0.05) is 26.2 Å². The first-order valence-corrected chi connectivity index (χ1v) is 7.61. The quantitative estimate of drug-likeness (QED) is 0.850. The maximum absolute atomic E-state index is 12.4. The van der Waals surface area contributed by atoms with Gasteiger partial charge in [-0.05, 0) is 37.1 Å². The second-order valence-corrected chi connectivity index (χ2v) is 5.66. The van der Waals surface area contributed by atoms with Crippen molar-refractivity contribution in [3.63, 3.8) is 0 Å². The second kappa shape index (κ2) is 7.24. The number of nitrogens with zero attached hydrogens (tertiary/aromatic N) is 3. The van der Waals surface area contributed by atoms with Crippen molar-refractivity contribution < 1.29 is 4.79 Å². The minimum atomic E-state index is 0.162. The number of hydrogen-bond acceptors (Lipinski definition) is 3. The van der Waals surface area contributed by atoms with Crippen molar-refractivity contribution in [2.45, 2.75) is 32.2 Å². The molecule has 0 atom stereocenters. The van der Waals surface area contributed by atoms with Gasteiger partial charge in [0.15, 0.2) is 0 Å². The molecule has 1 aromatic carbocycles. The average Bonchev–Trinajstić information content (AvgIpc) is 2.55. The van der Waals surface area contributed by atoms with E-state index in [1.165, 1.54) is 0 Å². The van der Waals surface area contributed by atoms with E-state index in [-0.39, 0.29) is 5.91 Å². The summed E-state index contributed by atoms with van der Waals surface area (Å²) in [6.45, 7) is 5.43. The van der Waals surface area contributed by atoms with Gasteiger partial charge < -0.3 is 9.80 Å². The van der Waals surface area contributed by atoms with E-state index >= 15 is 0 Å². The van der Waals surface area contributed by atoms with E-state index in [1.54, 1.807) is 12.1 Å². The fourth-order valence-electron chi connectivity index (χ4n) is 2.82. The Labute approximate surface area is 127 Å². The van der Waals surface area contributed by atoms with Gasteiger partial charge in [0.05, 0.1) is 18.1 Å². The Morgan fingerprint density at radius 3 is 2.48 bits per heavy atom. The van der Waals surface area contributed by atoms with Crippen LogP contribution in [-0.4, -0.2) is 48.4 Å². The zero-order valence-corrected chi connectivity index (χ0v) is 12.9. The molecule has 0 bridgehead atoms. The highest BCUT2D eigenvalue weighted by molar-refractivity contribution is 5.78. The SMILES string of the molecule is CCN1CCC(N(C)C(=O)Cc2ccc(C#N)cc2)CC1. The Bertz CT molecular complexity index is 510. The molecule has 0 saturated carbocycles. The fourth-order valence-corrected chi connectivity index (χ4v) is 2.82. The van der Waals surface area contributed by atoms with Crippen LogP contribution < -0.4 is 0 Å². The van der Waals surface area contributed by atoms with Crippen LogP contribution in [0.5, 0.6) is 0 Å². The molecule has 0 radical (unpaired) electrons. The minimum absolute atomic E-state index is 0.162. The fraction of sp³-hybridized carbons (Fsp3) is 0.529. The highest BCUT2D eigenvalue weighted by Crippen LogP contribution is 2.16. The van der Waals surface area contributed by atoms with Crippen LogP contribution >= 0.6 is 0 Å². The smallest absolute Gasteiger partial charge is 0.226 e. The molecular formula is C17H23N3O. The van der Waals surface area contributed by atoms with E-state index in [0.29, 0.717) is 18.0 Å². The molecular weight excluding hydrogens is 262 g/mol. The summed E-state index contributed by atoms with van der Waals surface area (Å²) < 4.78 is 0. The lowest BCUT2D eigenvalue weighted by atomic mass is 10.0. The summed E-state index contributed by atoms with van der Waals surface area (Å²) in [6.07, 6.45) is 2.53. The van der Waals surface area contributed by atoms with Crippen molar-refractivity contribution in [3.8, 4) is 6.07 Å². The highest BCUT2D eigenvalue weighted by Gasteiger charge is 2.24. The maximum atomic E-state index is 12.4. The molecule has 4 heteroatoms. The highest BCUT2D eigenvalue weighted by atomic mass is 16.2. The van der Waals surface area contributed by atoms with Crippen LogP contribution in [0.1, 0.15) is 30.9 Å². The molecule has 4 nitrogen and oxygen atoms in total. The van der Waals surface area contributed by atoms with Crippen LogP contribution in [0.15, 0.2) is 24.3 Å². The van der Waals surface area contributed by atoms with E-state index in [2.05, 4.69) is 17.9 Å². The van der Waals surface area contributed by atoms with E-state index in [9.17, 15) is 4.79 Å². The normalized spacial score (nSPS) is 16.4. The van der Waals surface area contributed by atoms with Gasteiger partial charge in [0.1, 0.15) is 0 Å². The zero-order chi connectivity index (χ0) is 15.2. The largest absolute Gasteiger partial charge is 0.342 e. The molecule has 112 valence electrons. The molecule has 1 fully saturated rings. The van der Waals surface area contributed by atoms with Gasteiger partial charge in [-0.2, -0.15) is 5.26 Å². The topological polar surface area (TPSA) is 47.3 Å². The lowest BCUT2D eigenvalue weighted by Gasteiger charge is -2.36. The van der Waals surface area contributed by atoms with Gasteiger partial charge in [-0.15, -0.1) is 0 Å². The van der Waals surface area contributed by atoms with Crippen LogP contribution in [0.4, 0.5) is 0 Å². The number of nitriles is 1. The zero-order valence-electron chi connectivity index (χ0n) is 12.9. The first-order valence-electron chi connectivity index (χ1n) is 7.61. The third-order valence-corrected chi connectivity index (χ3v) is 4.38. The number of benzene rings is 1. The van der Waals surface area contributed by atoms with Crippen LogP contribution in [-0.2, 0) is 11.2 Å². The van der Waals surface area contributed by atoms with Gasteiger partial charge in [0.25, 0.3) is 0 Å². The molecule has 21 heavy (non-hydrogen) atoms. The number of carbonyl (C=O) groups excluding carboxylic acids is 1. The Hall–Kier alpha value is -1.86. The molecule has 2 rings (SSSR count). The van der Waals surface area contributed by atoms with E-state index in [4.69, 9.17) is 5.26 Å². The van der Waals surface area contributed by atoms with Crippen LogP contribution in [0.3, 0.4) is 0 Å². The van der Waals surface area contributed by atoms with Crippen molar-refractivity contribution in [2.24, 2.45) is 0 Å². The summed E-state index contributed by atoms with van der Waals surface area (Å²) in [6, 6.07) is 9.71. The molecule has 0 aliphatic carbocycles. The van der Waals surface area contributed by atoms with Crippen molar-refractivity contribution >= 4 is 5.91 Å². The summed E-state index contributed by atoms with van der Waals surface area (Å²) in [7, 11) is 1.91. The predicted molar refractivity (Wildman–Crippen MR) is 82.8 cm³/mol. The summed E-state index contributed by atoms with van der Waals surface area (Å²) in [5.41, 5.74) is 1.60. The van der Waals surface area contributed by atoms with Gasteiger partial charge in [0.2, 0.25) is 5.91 Å². The molecule has 1 aliphatic rings. The number of likely N-dealkylation sites (N-methyl/N-ethyl adjacent to an activating group) is 1. The number of hydrogen-bond donors (Lipinski definition) is 0. The molecule has 1 aromatic rings. The third-order valence-electron chi connectivity index (χ3n) is 4.38. The summed E-state index contributed by atoms with van der Waals surface area (Å²) in [5, 5.41) is 8.78.